The second-order valence-corrected chi connectivity index (χ2v) is 6.71. The topological polar surface area (TPSA) is 35.5 Å². The Hall–Kier alpha value is -1.81. The third-order valence-electron chi connectivity index (χ3n) is 3.01. The van der Waals surface area contributed by atoms with Crippen LogP contribution >= 0.6 is 11.3 Å². The summed E-state index contributed by atoms with van der Waals surface area (Å²) in [4.78, 5) is 13.3. The molecular weight excluding hydrogens is 284 g/mol. The fourth-order valence-corrected chi connectivity index (χ4v) is 3.05. The van der Waals surface area contributed by atoms with Gasteiger partial charge in [-0.15, -0.1) is 11.3 Å². The van der Waals surface area contributed by atoms with Gasteiger partial charge >= 0.3 is 5.97 Å². The van der Waals surface area contributed by atoms with Crippen molar-refractivity contribution in [3.63, 3.8) is 0 Å². The highest BCUT2D eigenvalue weighted by Crippen LogP contribution is 2.34. The fourth-order valence-electron chi connectivity index (χ4n) is 1.98. The maximum Gasteiger partial charge on any atom is 0.339 e. The minimum atomic E-state index is -0.480. The van der Waals surface area contributed by atoms with Crippen LogP contribution in [0.1, 0.15) is 36.7 Å². The maximum atomic E-state index is 12.2. The van der Waals surface area contributed by atoms with E-state index in [-0.39, 0.29) is 5.97 Å². The van der Waals surface area contributed by atoms with E-state index in [0.717, 1.165) is 21.8 Å². The van der Waals surface area contributed by atoms with Crippen molar-refractivity contribution in [2.75, 3.05) is 7.11 Å². The molecule has 1 aromatic heterocycles. The van der Waals surface area contributed by atoms with Crippen LogP contribution in [0.25, 0.3) is 10.4 Å². The van der Waals surface area contributed by atoms with Gasteiger partial charge in [0.25, 0.3) is 0 Å². The first-order valence-electron chi connectivity index (χ1n) is 6.77. The lowest BCUT2D eigenvalue weighted by Crippen LogP contribution is -2.24. The Bertz CT molecular complexity index is 633. The molecule has 1 aromatic carbocycles. The SMILES string of the molecule is COc1ccc(-c2scc(C(=O)OC(C)(C)C)c2C)cc1. The van der Waals surface area contributed by atoms with Gasteiger partial charge < -0.3 is 9.47 Å². The zero-order chi connectivity index (χ0) is 15.6. The average molecular weight is 304 g/mol. The molecule has 0 unspecified atom stereocenters. The Morgan fingerprint density at radius 2 is 1.76 bits per heavy atom. The van der Waals surface area contributed by atoms with Gasteiger partial charge in [0, 0.05) is 10.3 Å². The summed E-state index contributed by atoms with van der Waals surface area (Å²) in [5.74, 6) is 0.552. The maximum absolute atomic E-state index is 12.2. The van der Waals surface area contributed by atoms with Crippen molar-refractivity contribution in [2.24, 2.45) is 0 Å². The van der Waals surface area contributed by atoms with Crippen LogP contribution in [0.3, 0.4) is 0 Å². The standard InChI is InChI=1S/C17H20O3S/c1-11-14(16(18)20-17(2,3)4)10-21-15(11)12-6-8-13(19-5)9-7-12/h6-10H,1-5H3. The molecule has 0 fully saturated rings. The van der Waals surface area contributed by atoms with Crippen LogP contribution in [0.2, 0.25) is 0 Å². The lowest BCUT2D eigenvalue weighted by Gasteiger charge is -2.19. The number of hydrogen-bond donors (Lipinski definition) is 0. The Labute approximate surface area is 129 Å². The number of thiophene rings is 1. The molecule has 0 aliphatic carbocycles. The number of rotatable bonds is 3. The van der Waals surface area contributed by atoms with Crippen molar-refractivity contribution < 1.29 is 14.3 Å². The quantitative estimate of drug-likeness (QED) is 0.772. The first-order chi connectivity index (χ1) is 9.81. The van der Waals surface area contributed by atoms with E-state index in [1.54, 1.807) is 18.4 Å². The van der Waals surface area contributed by atoms with Crippen molar-refractivity contribution in [3.8, 4) is 16.2 Å². The summed E-state index contributed by atoms with van der Waals surface area (Å²) in [6.45, 7) is 7.57. The van der Waals surface area contributed by atoms with E-state index >= 15 is 0 Å². The number of methoxy groups -OCH3 is 1. The van der Waals surface area contributed by atoms with Crippen LogP contribution in [-0.4, -0.2) is 18.7 Å². The van der Waals surface area contributed by atoms with Crippen LogP contribution < -0.4 is 4.74 Å². The second-order valence-electron chi connectivity index (χ2n) is 5.83. The summed E-state index contributed by atoms with van der Waals surface area (Å²) in [5.41, 5.74) is 2.19. The minimum Gasteiger partial charge on any atom is -0.497 e. The predicted octanol–water partition coefficient (Wildman–Crippen LogP) is 4.69. The van der Waals surface area contributed by atoms with Gasteiger partial charge in [-0.3, -0.25) is 0 Å². The smallest absolute Gasteiger partial charge is 0.339 e. The summed E-state index contributed by atoms with van der Waals surface area (Å²) in [6.07, 6.45) is 0. The normalized spacial score (nSPS) is 11.3. The molecule has 2 rings (SSSR count). The van der Waals surface area contributed by atoms with Crippen molar-refractivity contribution >= 4 is 17.3 Å². The average Bonchev–Trinajstić information content (AvgIpc) is 2.79. The number of benzene rings is 1. The summed E-state index contributed by atoms with van der Waals surface area (Å²) in [5, 5.41) is 1.86. The van der Waals surface area contributed by atoms with Gasteiger partial charge in [0.15, 0.2) is 0 Å². The number of carbonyl (C=O) groups is 1. The summed E-state index contributed by atoms with van der Waals surface area (Å²) < 4.78 is 10.6. The molecule has 112 valence electrons. The van der Waals surface area contributed by atoms with E-state index < -0.39 is 5.60 Å². The van der Waals surface area contributed by atoms with E-state index in [1.807, 2.05) is 57.3 Å². The van der Waals surface area contributed by atoms with Crippen LogP contribution in [0.4, 0.5) is 0 Å². The predicted molar refractivity (Wildman–Crippen MR) is 86.2 cm³/mol. The highest BCUT2D eigenvalue weighted by atomic mass is 32.1. The van der Waals surface area contributed by atoms with E-state index in [0.29, 0.717) is 5.56 Å². The zero-order valence-electron chi connectivity index (χ0n) is 13.0. The van der Waals surface area contributed by atoms with E-state index in [4.69, 9.17) is 9.47 Å². The Balaban J connectivity index is 2.29. The fraction of sp³-hybridized carbons (Fsp3) is 0.353. The summed E-state index contributed by atoms with van der Waals surface area (Å²) in [7, 11) is 1.64. The first kappa shape index (κ1) is 15.6. The zero-order valence-corrected chi connectivity index (χ0v) is 13.8. The van der Waals surface area contributed by atoms with Gasteiger partial charge in [-0.1, -0.05) is 0 Å². The van der Waals surface area contributed by atoms with Crippen LogP contribution in [-0.2, 0) is 4.74 Å². The van der Waals surface area contributed by atoms with Crippen LogP contribution in [0.5, 0.6) is 5.75 Å². The lowest BCUT2D eigenvalue weighted by molar-refractivity contribution is 0.00694. The molecule has 21 heavy (non-hydrogen) atoms. The molecule has 3 nitrogen and oxygen atoms in total. The van der Waals surface area contributed by atoms with Gasteiger partial charge in [-0.25, -0.2) is 4.79 Å². The van der Waals surface area contributed by atoms with Gasteiger partial charge in [0.2, 0.25) is 0 Å². The molecule has 0 N–H and O–H groups in total. The largest absolute Gasteiger partial charge is 0.497 e. The number of hydrogen-bond acceptors (Lipinski definition) is 4. The number of carbonyl (C=O) groups excluding carboxylic acids is 1. The van der Waals surface area contributed by atoms with Crippen molar-refractivity contribution in [3.05, 3.63) is 40.8 Å². The lowest BCUT2D eigenvalue weighted by atomic mass is 10.1. The molecule has 1 heterocycles. The highest BCUT2D eigenvalue weighted by Gasteiger charge is 2.22. The molecule has 0 saturated carbocycles. The Morgan fingerprint density at radius 1 is 1.14 bits per heavy atom. The van der Waals surface area contributed by atoms with Crippen LogP contribution in [0, 0.1) is 6.92 Å². The van der Waals surface area contributed by atoms with Crippen LogP contribution in [0.15, 0.2) is 29.6 Å². The molecule has 4 heteroatoms. The molecular formula is C17H20O3S. The van der Waals surface area contributed by atoms with Crippen molar-refractivity contribution in [1.29, 1.82) is 0 Å². The van der Waals surface area contributed by atoms with Crippen molar-refractivity contribution in [1.82, 2.24) is 0 Å². The molecule has 0 saturated heterocycles. The molecule has 0 radical (unpaired) electrons. The number of ether oxygens (including phenoxy) is 2. The second kappa shape index (κ2) is 5.90. The first-order valence-corrected chi connectivity index (χ1v) is 7.65. The molecule has 0 amide bonds. The third-order valence-corrected chi connectivity index (χ3v) is 4.14. The molecule has 0 aliphatic heterocycles. The number of esters is 1. The third kappa shape index (κ3) is 3.64. The van der Waals surface area contributed by atoms with Crippen molar-refractivity contribution in [2.45, 2.75) is 33.3 Å². The summed E-state index contributed by atoms with van der Waals surface area (Å²) in [6, 6.07) is 7.83. The monoisotopic (exact) mass is 304 g/mol. The molecule has 2 aromatic rings. The van der Waals surface area contributed by atoms with E-state index in [9.17, 15) is 4.79 Å². The Kier molecular flexibility index (Phi) is 4.37. The van der Waals surface area contributed by atoms with Gasteiger partial charge in [-0.05, 0) is 63.1 Å². The van der Waals surface area contributed by atoms with Gasteiger partial charge in [-0.2, -0.15) is 0 Å². The van der Waals surface area contributed by atoms with Gasteiger partial charge in [0.1, 0.15) is 11.4 Å². The molecule has 0 spiro atoms. The molecule has 0 aliphatic rings. The van der Waals surface area contributed by atoms with E-state index in [2.05, 4.69) is 0 Å². The highest BCUT2D eigenvalue weighted by molar-refractivity contribution is 7.14. The van der Waals surface area contributed by atoms with E-state index in [1.165, 1.54) is 0 Å². The summed E-state index contributed by atoms with van der Waals surface area (Å²) >= 11 is 1.56. The molecule has 0 bridgehead atoms. The Morgan fingerprint density at radius 3 is 2.29 bits per heavy atom. The minimum absolute atomic E-state index is 0.268. The molecule has 0 atom stereocenters. The van der Waals surface area contributed by atoms with Gasteiger partial charge in [0.05, 0.1) is 12.7 Å².